The summed E-state index contributed by atoms with van der Waals surface area (Å²) in [6.45, 7) is 5.15. The summed E-state index contributed by atoms with van der Waals surface area (Å²) in [5, 5.41) is 11.5. The summed E-state index contributed by atoms with van der Waals surface area (Å²) in [6.07, 6.45) is 1.16. The van der Waals surface area contributed by atoms with E-state index in [1.165, 1.54) is 27.9 Å². The highest BCUT2D eigenvalue weighted by Gasteiger charge is 2.12. The van der Waals surface area contributed by atoms with Crippen molar-refractivity contribution in [2.75, 3.05) is 11.9 Å². The summed E-state index contributed by atoms with van der Waals surface area (Å²) in [6, 6.07) is 6.60. The third kappa shape index (κ3) is 2.28. The maximum absolute atomic E-state index is 3.54. The van der Waals surface area contributed by atoms with Gasteiger partial charge in [0, 0.05) is 25.3 Å². The minimum absolute atomic E-state index is 0.936. The molecule has 0 aliphatic carbocycles. The van der Waals surface area contributed by atoms with Crippen LogP contribution in [0.3, 0.4) is 0 Å². The first-order valence-electron chi connectivity index (χ1n) is 6.41. The Balaban J connectivity index is 1.64. The van der Waals surface area contributed by atoms with E-state index in [0.29, 0.717) is 0 Å². The van der Waals surface area contributed by atoms with Crippen LogP contribution in [0.15, 0.2) is 29.0 Å². The Morgan fingerprint density at radius 2 is 2.11 bits per heavy atom. The summed E-state index contributed by atoms with van der Waals surface area (Å²) in [5.74, 6) is 0. The smallest absolute Gasteiger partial charge is 0.0419 e. The van der Waals surface area contributed by atoms with E-state index in [2.05, 4.69) is 46.5 Å². The van der Waals surface area contributed by atoms with E-state index >= 15 is 0 Å². The van der Waals surface area contributed by atoms with E-state index in [1.807, 2.05) is 0 Å². The van der Waals surface area contributed by atoms with Gasteiger partial charge in [0.05, 0.1) is 0 Å². The number of hydrogen-bond donors (Lipinski definition) is 2. The van der Waals surface area contributed by atoms with Crippen LogP contribution in [0, 0.1) is 6.92 Å². The second kappa shape index (κ2) is 5.12. The molecule has 0 amide bonds. The molecule has 0 spiro atoms. The quantitative estimate of drug-likeness (QED) is 0.879. The lowest BCUT2D eigenvalue weighted by atomic mass is 10.1. The van der Waals surface area contributed by atoms with Gasteiger partial charge in [-0.05, 0) is 46.4 Å². The molecule has 2 aromatic rings. The molecule has 1 aromatic carbocycles. The molecule has 0 bridgehead atoms. The van der Waals surface area contributed by atoms with Crippen molar-refractivity contribution in [1.82, 2.24) is 5.32 Å². The zero-order valence-corrected chi connectivity index (χ0v) is 11.4. The normalized spacial score (nSPS) is 13.4. The zero-order valence-electron chi connectivity index (χ0n) is 10.6. The van der Waals surface area contributed by atoms with Crippen LogP contribution in [0.25, 0.3) is 0 Å². The Hall–Kier alpha value is -1.32. The minimum atomic E-state index is 0.936. The van der Waals surface area contributed by atoms with Crippen molar-refractivity contribution in [3.8, 4) is 0 Å². The number of aryl methyl sites for hydroxylation is 1. The van der Waals surface area contributed by atoms with Crippen LogP contribution in [0.2, 0.25) is 0 Å². The van der Waals surface area contributed by atoms with E-state index in [9.17, 15) is 0 Å². The fraction of sp³-hybridized carbons (Fsp3) is 0.333. The molecule has 0 unspecified atom stereocenters. The van der Waals surface area contributed by atoms with Gasteiger partial charge >= 0.3 is 0 Å². The molecular weight excluding hydrogens is 240 g/mol. The molecule has 1 aliphatic heterocycles. The molecule has 1 aromatic heterocycles. The average molecular weight is 258 g/mol. The van der Waals surface area contributed by atoms with Crippen LogP contribution < -0.4 is 10.6 Å². The predicted molar refractivity (Wildman–Crippen MR) is 78.2 cm³/mol. The van der Waals surface area contributed by atoms with Crippen LogP contribution in [0.5, 0.6) is 0 Å². The van der Waals surface area contributed by atoms with Gasteiger partial charge in [-0.2, -0.15) is 11.3 Å². The second-order valence-electron chi connectivity index (χ2n) is 4.81. The van der Waals surface area contributed by atoms with Gasteiger partial charge in [-0.1, -0.05) is 18.2 Å². The second-order valence-corrected chi connectivity index (χ2v) is 5.56. The highest BCUT2D eigenvalue weighted by atomic mass is 32.1. The van der Waals surface area contributed by atoms with E-state index in [0.717, 1.165) is 26.1 Å². The lowest BCUT2D eigenvalue weighted by Gasteiger charge is -2.10. The average Bonchev–Trinajstić information content (AvgIpc) is 2.99. The molecule has 0 radical (unpaired) electrons. The largest absolute Gasteiger partial charge is 0.384 e. The third-order valence-corrected chi connectivity index (χ3v) is 4.44. The summed E-state index contributed by atoms with van der Waals surface area (Å²) >= 11 is 1.78. The molecule has 18 heavy (non-hydrogen) atoms. The molecule has 2 nitrogen and oxygen atoms in total. The van der Waals surface area contributed by atoms with E-state index in [-0.39, 0.29) is 0 Å². The molecule has 3 heteroatoms. The zero-order chi connectivity index (χ0) is 12.4. The highest BCUT2D eigenvalue weighted by Crippen LogP contribution is 2.26. The van der Waals surface area contributed by atoms with Crippen LogP contribution in [0.1, 0.15) is 22.3 Å². The Labute approximate surface area is 112 Å². The number of fused-ring (bicyclic) bond motifs is 1. The summed E-state index contributed by atoms with van der Waals surface area (Å²) in [5.41, 5.74) is 7.01. The highest BCUT2D eigenvalue weighted by molar-refractivity contribution is 7.08. The van der Waals surface area contributed by atoms with Crippen molar-refractivity contribution in [3.05, 3.63) is 51.2 Å². The maximum atomic E-state index is 3.54. The van der Waals surface area contributed by atoms with Crippen LogP contribution in [-0.2, 0) is 19.5 Å². The number of benzene rings is 1. The van der Waals surface area contributed by atoms with E-state index in [4.69, 9.17) is 0 Å². The van der Waals surface area contributed by atoms with Gasteiger partial charge in [0.1, 0.15) is 0 Å². The van der Waals surface area contributed by atoms with Crippen LogP contribution >= 0.6 is 11.3 Å². The van der Waals surface area contributed by atoms with Gasteiger partial charge < -0.3 is 10.6 Å². The van der Waals surface area contributed by atoms with E-state index in [1.54, 1.807) is 11.3 Å². The Bertz CT molecular complexity index is 545. The maximum Gasteiger partial charge on any atom is 0.0419 e. The lowest BCUT2D eigenvalue weighted by Crippen LogP contribution is -2.13. The summed E-state index contributed by atoms with van der Waals surface area (Å²) in [7, 11) is 0. The molecule has 3 rings (SSSR count). The molecule has 0 saturated carbocycles. The molecule has 0 fully saturated rings. The molecule has 0 atom stereocenters. The molecule has 2 N–H and O–H groups in total. The molecule has 0 saturated heterocycles. The van der Waals surface area contributed by atoms with Crippen molar-refractivity contribution in [2.24, 2.45) is 0 Å². The van der Waals surface area contributed by atoms with Crippen LogP contribution in [0.4, 0.5) is 5.69 Å². The van der Waals surface area contributed by atoms with Gasteiger partial charge in [0.2, 0.25) is 0 Å². The van der Waals surface area contributed by atoms with Crippen molar-refractivity contribution < 1.29 is 0 Å². The van der Waals surface area contributed by atoms with Gasteiger partial charge in [-0.25, -0.2) is 0 Å². The first-order chi connectivity index (χ1) is 8.84. The van der Waals surface area contributed by atoms with Gasteiger partial charge in [0.15, 0.2) is 0 Å². The molecule has 2 heterocycles. The van der Waals surface area contributed by atoms with Crippen LogP contribution in [-0.4, -0.2) is 6.54 Å². The number of hydrogen-bond acceptors (Lipinski definition) is 3. The van der Waals surface area contributed by atoms with Gasteiger partial charge in [-0.3, -0.25) is 0 Å². The Morgan fingerprint density at radius 3 is 2.94 bits per heavy atom. The predicted octanol–water partition coefficient (Wildman–Crippen LogP) is 3.31. The fourth-order valence-corrected chi connectivity index (χ4v) is 3.31. The Kier molecular flexibility index (Phi) is 3.35. The van der Waals surface area contributed by atoms with Crippen molar-refractivity contribution in [2.45, 2.75) is 26.4 Å². The fourth-order valence-electron chi connectivity index (χ4n) is 2.46. The molecule has 94 valence electrons. The number of thiophene rings is 1. The minimum Gasteiger partial charge on any atom is -0.384 e. The topological polar surface area (TPSA) is 24.1 Å². The first kappa shape index (κ1) is 11.8. The van der Waals surface area contributed by atoms with Gasteiger partial charge in [0.25, 0.3) is 0 Å². The SMILES string of the molecule is Cc1cscc1CNCc1cccc2c1NCC2. The number of nitrogens with one attached hydrogen (secondary N) is 2. The monoisotopic (exact) mass is 258 g/mol. The van der Waals surface area contributed by atoms with Gasteiger partial charge in [-0.15, -0.1) is 0 Å². The third-order valence-electron chi connectivity index (χ3n) is 3.53. The van der Waals surface area contributed by atoms with Crippen molar-refractivity contribution in [1.29, 1.82) is 0 Å². The van der Waals surface area contributed by atoms with Crippen molar-refractivity contribution in [3.63, 3.8) is 0 Å². The van der Waals surface area contributed by atoms with Crippen molar-refractivity contribution >= 4 is 17.0 Å². The summed E-state index contributed by atoms with van der Waals surface area (Å²) < 4.78 is 0. The number of anilines is 1. The lowest BCUT2D eigenvalue weighted by molar-refractivity contribution is 0.693. The number of rotatable bonds is 4. The molecule has 1 aliphatic rings. The Morgan fingerprint density at radius 1 is 1.22 bits per heavy atom. The van der Waals surface area contributed by atoms with E-state index < -0.39 is 0 Å². The first-order valence-corrected chi connectivity index (χ1v) is 7.36. The molecular formula is C15H18N2S. The standard InChI is InChI=1S/C15H18N2S/c1-11-9-18-10-14(11)8-16-7-13-4-2-3-12-5-6-17-15(12)13/h2-4,9-10,16-17H,5-8H2,1H3. The number of para-hydroxylation sites is 1. The summed E-state index contributed by atoms with van der Waals surface area (Å²) in [4.78, 5) is 0.